The third kappa shape index (κ3) is 10.6. The van der Waals surface area contributed by atoms with Crippen LogP contribution in [0.5, 0.6) is 0 Å². The number of hydrogen-bond acceptors (Lipinski definition) is 6. The van der Waals surface area contributed by atoms with Crippen LogP contribution in [0.4, 0.5) is 0 Å². The Morgan fingerprint density at radius 1 is 1.07 bits per heavy atom. The van der Waals surface area contributed by atoms with E-state index in [0.29, 0.717) is 5.57 Å². The van der Waals surface area contributed by atoms with Crippen LogP contribution in [0.2, 0.25) is 0 Å². The summed E-state index contributed by atoms with van der Waals surface area (Å²) >= 11 is 0. The predicted molar refractivity (Wildman–Crippen MR) is 107 cm³/mol. The summed E-state index contributed by atoms with van der Waals surface area (Å²) in [7, 11) is 0. The third-order valence-corrected chi connectivity index (χ3v) is 4.82. The van der Waals surface area contributed by atoms with E-state index >= 15 is 0 Å². The first-order valence-electron chi connectivity index (χ1n) is 10.3. The molecule has 156 valence electrons. The fourth-order valence-corrected chi connectivity index (χ4v) is 3.13. The summed E-state index contributed by atoms with van der Waals surface area (Å²) in [5.74, 6) is -1.16. The molecule has 0 aromatic rings. The lowest BCUT2D eigenvalue weighted by Crippen LogP contribution is -2.42. The van der Waals surface area contributed by atoms with Crippen molar-refractivity contribution in [2.45, 2.75) is 83.0 Å². The van der Waals surface area contributed by atoms with Crippen LogP contribution in [0, 0.1) is 0 Å². The number of aliphatic hydroxyl groups is 2. The Balaban J connectivity index is 2.00. The number of carboxylic acids is 1. The molecule has 1 aliphatic carbocycles. The lowest BCUT2D eigenvalue weighted by atomic mass is 9.96. The lowest BCUT2D eigenvalue weighted by Gasteiger charge is -2.21. The van der Waals surface area contributed by atoms with E-state index in [4.69, 9.17) is 10.8 Å². The number of carbonyl (C=O) groups is 1. The average molecular weight is 384 g/mol. The highest BCUT2D eigenvalue weighted by Crippen LogP contribution is 2.19. The highest BCUT2D eigenvalue weighted by molar-refractivity contribution is 5.88. The molecule has 7 nitrogen and oxygen atoms in total. The van der Waals surface area contributed by atoms with Crippen molar-refractivity contribution in [3.63, 3.8) is 0 Å². The molecule has 2 atom stereocenters. The normalized spacial score (nSPS) is 18.1. The summed E-state index contributed by atoms with van der Waals surface area (Å²) in [5, 5.41) is 28.7. The summed E-state index contributed by atoms with van der Waals surface area (Å²) in [6.45, 7) is 1.54. The van der Waals surface area contributed by atoms with Crippen molar-refractivity contribution in [3.8, 4) is 0 Å². The van der Waals surface area contributed by atoms with E-state index in [0.717, 1.165) is 32.4 Å². The summed E-state index contributed by atoms with van der Waals surface area (Å²) in [5.41, 5.74) is 11.6. The van der Waals surface area contributed by atoms with Crippen LogP contribution in [0.3, 0.4) is 0 Å². The van der Waals surface area contributed by atoms with Gasteiger partial charge in [-0.15, -0.1) is 0 Å². The van der Waals surface area contributed by atoms with Crippen LogP contribution >= 0.6 is 0 Å². The minimum absolute atomic E-state index is 0.0901. The number of aliphatic carboxylic acids is 1. The van der Waals surface area contributed by atoms with Gasteiger partial charge in [0.2, 0.25) is 0 Å². The number of nitrogens with two attached hydrogens (primary N) is 1. The number of rotatable bonds is 16. The van der Waals surface area contributed by atoms with Gasteiger partial charge in [-0.3, -0.25) is 5.43 Å². The van der Waals surface area contributed by atoms with Gasteiger partial charge >= 0.3 is 5.97 Å². The van der Waals surface area contributed by atoms with Crippen LogP contribution < -0.4 is 16.6 Å². The first-order chi connectivity index (χ1) is 13.1. The van der Waals surface area contributed by atoms with Gasteiger partial charge in [-0.25, -0.2) is 10.2 Å². The van der Waals surface area contributed by atoms with Crippen LogP contribution in [0.25, 0.3) is 0 Å². The zero-order valence-electron chi connectivity index (χ0n) is 16.3. The molecule has 1 rings (SSSR count). The molecule has 27 heavy (non-hydrogen) atoms. The maximum Gasteiger partial charge on any atom is 0.334 e. The Hall–Kier alpha value is -1.25. The van der Waals surface area contributed by atoms with E-state index in [1.165, 1.54) is 51.0 Å². The van der Waals surface area contributed by atoms with Gasteiger partial charge in [0.1, 0.15) is 6.23 Å². The minimum Gasteiger partial charge on any atom is -0.478 e. The van der Waals surface area contributed by atoms with Gasteiger partial charge < -0.3 is 21.1 Å². The first kappa shape index (κ1) is 23.8. The summed E-state index contributed by atoms with van der Waals surface area (Å²) in [4.78, 5) is 11.0. The smallest absolute Gasteiger partial charge is 0.334 e. The van der Waals surface area contributed by atoms with Crippen LogP contribution in [-0.4, -0.2) is 46.7 Å². The molecule has 0 aromatic heterocycles. The topological polar surface area (TPSA) is 128 Å². The Bertz CT molecular complexity index is 480. The zero-order chi connectivity index (χ0) is 19.9. The maximum atomic E-state index is 11.0. The van der Waals surface area contributed by atoms with Crippen LogP contribution in [-0.2, 0) is 4.79 Å². The van der Waals surface area contributed by atoms with Gasteiger partial charge in [-0.05, 0) is 37.5 Å². The standard InChI is InChI=1S/C20H37N3O4/c21-13-9-7-5-3-1-2-4-6-8-10-14-22-23-19(25)16-11-12-18(24)17(15-16)20(26)27/h11,15,18-19,22-25H,1-10,12-14,21H2,(H,26,27)/t18?,19-/m1/s1. The number of nitrogens with one attached hydrogen (secondary N) is 2. The fourth-order valence-electron chi connectivity index (χ4n) is 3.13. The van der Waals surface area contributed by atoms with Crippen molar-refractivity contribution < 1.29 is 20.1 Å². The molecule has 0 saturated carbocycles. The van der Waals surface area contributed by atoms with Crippen molar-refractivity contribution in [1.82, 2.24) is 10.9 Å². The van der Waals surface area contributed by atoms with E-state index in [1.807, 2.05) is 0 Å². The molecule has 7 N–H and O–H groups in total. The van der Waals surface area contributed by atoms with Gasteiger partial charge in [0.25, 0.3) is 0 Å². The molecular formula is C20H37N3O4. The fraction of sp³-hybridized carbons (Fsp3) is 0.750. The second-order valence-corrected chi connectivity index (χ2v) is 7.16. The van der Waals surface area contributed by atoms with Crippen molar-refractivity contribution >= 4 is 5.97 Å². The molecular weight excluding hydrogens is 346 g/mol. The minimum atomic E-state index is -1.16. The molecule has 1 unspecified atom stereocenters. The molecule has 0 saturated heterocycles. The zero-order valence-corrected chi connectivity index (χ0v) is 16.3. The largest absolute Gasteiger partial charge is 0.478 e. The molecule has 0 aliphatic heterocycles. The van der Waals surface area contributed by atoms with E-state index < -0.39 is 18.3 Å². The number of unbranched alkanes of at least 4 members (excludes halogenated alkanes) is 9. The molecule has 0 heterocycles. The molecule has 7 heteroatoms. The van der Waals surface area contributed by atoms with Gasteiger partial charge in [-0.1, -0.05) is 57.4 Å². The van der Waals surface area contributed by atoms with E-state index in [1.54, 1.807) is 6.08 Å². The number of hydrogen-bond donors (Lipinski definition) is 6. The Morgan fingerprint density at radius 2 is 1.63 bits per heavy atom. The van der Waals surface area contributed by atoms with Crippen molar-refractivity contribution in [2.75, 3.05) is 13.1 Å². The molecule has 0 amide bonds. The van der Waals surface area contributed by atoms with Crippen molar-refractivity contribution in [1.29, 1.82) is 0 Å². The van der Waals surface area contributed by atoms with E-state index in [-0.39, 0.29) is 12.0 Å². The van der Waals surface area contributed by atoms with E-state index in [2.05, 4.69) is 10.9 Å². The summed E-state index contributed by atoms with van der Waals surface area (Å²) in [6, 6.07) is 0. The molecule has 0 fully saturated rings. The maximum absolute atomic E-state index is 11.0. The molecule has 0 aromatic carbocycles. The third-order valence-electron chi connectivity index (χ3n) is 4.82. The molecule has 0 bridgehead atoms. The Morgan fingerprint density at radius 3 is 2.19 bits per heavy atom. The second kappa shape index (κ2) is 14.8. The monoisotopic (exact) mass is 383 g/mol. The van der Waals surface area contributed by atoms with Gasteiger partial charge in [0, 0.05) is 6.54 Å². The SMILES string of the molecule is NCCCCCCCCCCCCNN[C@H](O)C1=CCC(O)C(C(=O)O)=C1. The summed E-state index contributed by atoms with van der Waals surface area (Å²) < 4.78 is 0. The Kier molecular flexibility index (Phi) is 13.0. The number of hydrazine groups is 1. The van der Waals surface area contributed by atoms with Gasteiger partial charge in [-0.2, -0.15) is 0 Å². The van der Waals surface area contributed by atoms with Crippen molar-refractivity contribution in [3.05, 3.63) is 23.3 Å². The number of aliphatic hydroxyl groups excluding tert-OH is 2. The molecule has 0 spiro atoms. The quantitative estimate of drug-likeness (QED) is 0.137. The average Bonchev–Trinajstić information content (AvgIpc) is 2.65. The number of carboxylic acid groups (broad SMARTS) is 1. The molecule has 0 radical (unpaired) electrons. The Labute approximate surface area is 162 Å². The first-order valence-corrected chi connectivity index (χ1v) is 10.3. The predicted octanol–water partition coefficient (Wildman–Crippen LogP) is 1.96. The second-order valence-electron chi connectivity index (χ2n) is 7.16. The summed E-state index contributed by atoms with van der Waals surface area (Å²) in [6.07, 6.45) is 13.4. The van der Waals surface area contributed by atoms with Gasteiger partial charge in [0.15, 0.2) is 0 Å². The molecule has 1 aliphatic rings. The van der Waals surface area contributed by atoms with Crippen LogP contribution in [0.15, 0.2) is 23.3 Å². The highest BCUT2D eigenvalue weighted by atomic mass is 16.4. The lowest BCUT2D eigenvalue weighted by molar-refractivity contribution is -0.133. The van der Waals surface area contributed by atoms with Crippen molar-refractivity contribution in [2.24, 2.45) is 5.73 Å². The van der Waals surface area contributed by atoms with E-state index in [9.17, 15) is 15.0 Å². The van der Waals surface area contributed by atoms with Crippen LogP contribution in [0.1, 0.15) is 70.6 Å². The highest BCUT2D eigenvalue weighted by Gasteiger charge is 2.23. The van der Waals surface area contributed by atoms with Gasteiger partial charge in [0.05, 0.1) is 11.7 Å².